The molecule has 0 spiro atoms. The Hall–Kier alpha value is -1.99. The molecular weight excluding hydrogens is 286 g/mol. The van der Waals surface area contributed by atoms with Gasteiger partial charge in [0, 0.05) is 12.6 Å². The van der Waals surface area contributed by atoms with Crippen LogP contribution in [-0.2, 0) is 19.4 Å². The number of aryl methyl sites for hydroxylation is 1. The van der Waals surface area contributed by atoms with Crippen molar-refractivity contribution in [1.82, 2.24) is 9.78 Å². The van der Waals surface area contributed by atoms with Crippen molar-refractivity contribution >= 4 is 0 Å². The number of halogens is 6. The molecule has 1 aromatic heterocycles. The third-order valence-electron chi connectivity index (χ3n) is 2.57. The van der Waals surface area contributed by atoms with E-state index >= 15 is 0 Å². The summed E-state index contributed by atoms with van der Waals surface area (Å²) in [6.07, 6.45) is -7.60. The summed E-state index contributed by atoms with van der Waals surface area (Å²) in [5.41, 5.74) is -3.38. The first-order chi connectivity index (χ1) is 9.09. The van der Waals surface area contributed by atoms with Gasteiger partial charge in [0.1, 0.15) is 0 Å². The van der Waals surface area contributed by atoms with Crippen LogP contribution >= 0.6 is 0 Å². The Balaban J connectivity index is 2.61. The van der Waals surface area contributed by atoms with Gasteiger partial charge < -0.3 is 0 Å². The molecule has 0 fully saturated rings. The van der Waals surface area contributed by atoms with Crippen molar-refractivity contribution < 1.29 is 26.3 Å². The van der Waals surface area contributed by atoms with E-state index in [1.165, 1.54) is 17.8 Å². The lowest BCUT2D eigenvalue weighted by Gasteiger charge is -2.16. The molecule has 1 aromatic carbocycles. The first-order valence-electron chi connectivity index (χ1n) is 5.29. The summed E-state index contributed by atoms with van der Waals surface area (Å²) in [6.45, 7) is 0. The predicted octanol–water partition coefficient (Wildman–Crippen LogP) is 3.92. The van der Waals surface area contributed by atoms with Gasteiger partial charge in [-0.1, -0.05) is 6.07 Å². The van der Waals surface area contributed by atoms with Gasteiger partial charge in [0.2, 0.25) is 0 Å². The molecule has 1 radical (unpaired) electrons. The zero-order chi connectivity index (χ0) is 15.1. The summed E-state index contributed by atoms with van der Waals surface area (Å²) in [7, 11) is 1.50. The number of aromatic nitrogens is 2. The van der Waals surface area contributed by atoms with E-state index < -0.39 is 23.5 Å². The predicted molar refractivity (Wildman–Crippen MR) is 57.5 cm³/mol. The van der Waals surface area contributed by atoms with Crippen molar-refractivity contribution in [3.05, 3.63) is 41.6 Å². The molecule has 8 heteroatoms. The Morgan fingerprint density at radius 3 is 2.05 bits per heavy atom. The van der Waals surface area contributed by atoms with Crippen LogP contribution in [0.1, 0.15) is 11.1 Å². The van der Waals surface area contributed by atoms with Crippen LogP contribution < -0.4 is 0 Å². The minimum absolute atomic E-state index is 0.0535. The van der Waals surface area contributed by atoms with E-state index in [0.29, 0.717) is 12.1 Å². The number of hydrogen-bond donors (Lipinski definition) is 0. The smallest absolute Gasteiger partial charge is 0.266 e. The summed E-state index contributed by atoms with van der Waals surface area (Å²) < 4.78 is 77.2. The minimum Gasteiger partial charge on any atom is -0.266 e. The van der Waals surface area contributed by atoms with E-state index in [1.54, 1.807) is 0 Å². The monoisotopic (exact) mass is 293 g/mol. The highest BCUT2D eigenvalue weighted by Gasteiger charge is 2.43. The standard InChI is InChI=1S/C12H7F6N2/c1-20-5-4-10(19-20)7-2-3-8(11(13,14)15)9(6-7)12(16,17)18/h2-4,6H,1H3. The van der Waals surface area contributed by atoms with Crippen LogP contribution in [0.25, 0.3) is 11.3 Å². The van der Waals surface area contributed by atoms with E-state index in [9.17, 15) is 26.3 Å². The fourth-order valence-electron chi connectivity index (χ4n) is 1.70. The number of benzene rings is 1. The first kappa shape index (κ1) is 14.4. The Labute approximate surface area is 109 Å². The zero-order valence-electron chi connectivity index (χ0n) is 9.97. The molecule has 0 saturated heterocycles. The first-order valence-corrected chi connectivity index (χ1v) is 5.29. The van der Waals surface area contributed by atoms with Gasteiger partial charge in [-0.15, -0.1) is 0 Å². The van der Waals surface area contributed by atoms with Crippen molar-refractivity contribution in [2.24, 2.45) is 7.05 Å². The van der Waals surface area contributed by atoms with Gasteiger partial charge in [-0.3, -0.25) is 4.68 Å². The van der Waals surface area contributed by atoms with Crippen LogP contribution in [0.2, 0.25) is 0 Å². The molecule has 0 atom stereocenters. The van der Waals surface area contributed by atoms with Gasteiger partial charge in [-0.25, -0.2) is 0 Å². The minimum atomic E-state index is -5.10. The van der Waals surface area contributed by atoms with Crippen molar-refractivity contribution in [3.63, 3.8) is 0 Å². The summed E-state index contributed by atoms with van der Waals surface area (Å²) in [6, 6.07) is 3.10. The second-order valence-electron chi connectivity index (χ2n) is 4.04. The molecule has 0 aliphatic carbocycles. The molecule has 0 unspecified atom stereocenters. The van der Waals surface area contributed by atoms with Crippen LogP contribution in [0, 0.1) is 6.20 Å². The van der Waals surface area contributed by atoms with Gasteiger partial charge >= 0.3 is 12.4 Å². The van der Waals surface area contributed by atoms with Crippen molar-refractivity contribution in [3.8, 4) is 11.3 Å². The summed E-state index contributed by atoms with van der Waals surface area (Å²) in [5.74, 6) is 0. The third kappa shape index (κ3) is 2.78. The molecule has 0 bridgehead atoms. The molecule has 0 aliphatic heterocycles. The van der Waals surface area contributed by atoms with E-state index in [-0.39, 0.29) is 11.3 Å². The highest BCUT2D eigenvalue weighted by atomic mass is 19.4. The van der Waals surface area contributed by atoms with E-state index in [2.05, 4.69) is 11.3 Å². The maximum absolute atomic E-state index is 12.7. The molecule has 1 heterocycles. The lowest BCUT2D eigenvalue weighted by Crippen LogP contribution is -2.16. The molecule has 0 N–H and O–H groups in total. The Bertz CT molecular complexity index is 624. The fourth-order valence-corrected chi connectivity index (χ4v) is 1.70. The molecule has 107 valence electrons. The maximum Gasteiger partial charge on any atom is 0.417 e. The zero-order valence-corrected chi connectivity index (χ0v) is 9.97. The number of hydrogen-bond acceptors (Lipinski definition) is 1. The Kier molecular flexibility index (Phi) is 3.27. The van der Waals surface area contributed by atoms with Gasteiger partial charge in [-0.2, -0.15) is 31.4 Å². The third-order valence-corrected chi connectivity index (χ3v) is 2.57. The Morgan fingerprint density at radius 1 is 1.00 bits per heavy atom. The molecule has 2 nitrogen and oxygen atoms in total. The van der Waals surface area contributed by atoms with E-state index in [0.717, 1.165) is 6.07 Å². The SMILES string of the molecule is Cn1[c]cc(-c2ccc(C(F)(F)F)c(C(F)(F)F)c2)n1. The Morgan fingerprint density at radius 2 is 1.60 bits per heavy atom. The lowest BCUT2D eigenvalue weighted by atomic mass is 10.0. The topological polar surface area (TPSA) is 17.8 Å². The van der Waals surface area contributed by atoms with Crippen molar-refractivity contribution in [2.75, 3.05) is 0 Å². The van der Waals surface area contributed by atoms with Crippen LogP contribution in [-0.4, -0.2) is 9.78 Å². The number of rotatable bonds is 1. The lowest BCUT2D eigenvalue weighted by molar-refractivity contribution is -0.162. The number of nitrogens with zero attached hydrogens (tertiary/aromatic N) is 2. The average Bonchev–Trinajstić information content (AvgIpc) is 2.73. The maximum atomic E-state index is 12.7. The van der Waals surface area contributed by atoms with Crippen LogP contribution in [0.15, 0.2) is 24.3 Å². The van der Waals surface area contributed by atoms with Crippen molar-refractivity contribution in [2.45, 2.75) is 12.4 Å². The quantitative estimate of drug-likeness (QED) is 0.729. The van der Waals surface area contributed by atoms with Crippen LogP contribution in [0.4, 0.5) is 26.3 Å². The molecule has 0 aliphatic rings. The second-order valence-corrected chi connectivity index (χ2v) is 4.04. The highest BCUT2D eigenvalue weighted by molar-refractivity contribution is 5.61. The van der Waals surface area contributed by atoms with Crippen LogP contribution in [0.3, 0.4) is 0 Å². The summed E-state index contributed by atoms with van der Waals surface area (Å²) >= 11 is 0. The van der Waals surface area contributed by atoms with Gasteiger partial charge in [0.25, 0.3) is 0 Å². The van der Waals surface area contributed by atoms with Gasteiger partial charge in [0.15, 0.2) is 0 Å². The van der Waals surface area contributed by atoms with Gasteiger partial charge in [0.05, 0.1) is 23.0 Å². The van der Waals surface area contributed by atoms with Crippen molar-refractivity contribution in [1.29, 1.82) is 0 Å². The molecule has 2 rings (SSSR count). The second kappa shape index (κ2) is 4.53. The molecule has 0 amide bonds. The molecule has 20 heavy (non-hydrogen) atoms. The molecule has 2 aromatic rings. The van der Waals surface area contributed by atoms with E-state index in [1.807, 2.05) is 0 Å². The number of alkyl halides is 6. The summed E-state index contributed by atoms with van der Waals surface area (Å²) in [5, 5.41) is 3.81. The van der Waals surface area contributed by atoms with E-state index in [4.69, 9.17) is 0 Å². The summed E-state index contributed by atoms with van der Waals surface area (Å²) in [4.78, 5) is 0. The largest absolute Gasteiger partial charge is 0.417 e. The van der Waals surface area contributed by atoms with Gasteiger partial charge in [-0.05, 0) is 18.2 Å². The van der Waals surface area contributed by atoms with Crippen LogP contribution in [0.5, 0.6) is 0 Å². The average molecular weight is 293 g/mol. The highest BCUT2D eigenvalue weighted by Crippen LogP contribution is 2.41. The fraction of sp³-hybridized carbons (Fsp3) is 0.250. The normalized spacial score (nSPS) is 12.8. The molecule has 0 saturated carbocycles. The molecular formula is C12H7F6N2.